The van der Waals surface area contributed by atoms with Gasteiger partial charge in [-0.2, -0.15) is 0 Å². The highest BCUT2D eigenvalue weighted by Crippen LogP contribution is 2.20. The maximum atomic E-state index is 12.3. The molecular formula is C28H32N4O3. The van der Waals surface area contributed by atoms with Crippen molar-refractivity contribution in [2.75, 3.05) is 62.0 Å². The van der Waals surface area contributed by atoms with E-state index in [2.05, 4.69) is 39.4 Å². The van der Waals surface area contributed by atoms with Gasteiger partial charge in [-0.3, -0.25) is 9.69 Å². The predicted molar refractivity (Wildman–Crippen MR) is 140 cm³/mol. The highest BCUT2D eigenvalue weighted by atomic mass is 16.5. The smallest absolute Gasteiger partial charge is 0.338 e. The summed E-state index contributed by atoms with van der Waals surface area (Å²) in [5, 5.41) is 2.79. The van der Waals surface area contributed by atoms with Crippen molar-refractivity contribution in [2.24, 2.45) is 0 Å². The zero-order chi connectivity index (χ0) is 24.6. The molecule has 0 aliphatic carbocycles. The Morgan fingerprint density at radius 1 is 0.857 bits per heavy atom. The Kier molecular flexibility index (Phi) is 8.00. The Bertz CT molecular complexity index is 1110. The van der Waals surface area contributed by atoms with E-state index in [0.717, 1.165) is 44.1 Å². The van der Waals surface area contributed by atoms with Crippen molar-refractivity contribution in [3.05, 3.63) is 90.0 Å². The Morgan fingerprint density at radius 3 is 2.14 bits per heavy atom. The summed E-state index contributed by atoms with van der Waals surface area (Å²) in [6.45, 7) is 4.59. The molecule has 3 aromatic carbocycles. The van der Waals surface area contributed by atoms with Gasteiger partial charge < -0.3 is 19.9 Å². The maximum Gasteiger partial charge on any atom is 0.338 e. The van der Waals surface area contributed by atoms with Gasteiger partial charge in [-0.05, 0) is 54.1 Å². The maximum absolute atomic E-state index is 12.3. The number of hydrogen-bond acceptors (Lipinski definition) is 6. The minimum atomic E-state index is -0.521. The van der Waals surface area contributed by atoms with Gasteiger partial charge in [-0.1, -0.05) is 30.3 Å². The van der Waals surface area contributed by atoms with Crippen molar-refractivity contribution < 1.29 is 14.3 Å². The third kappa shape index (κ3) is 6.83. The Morgan fingerprint density at radius 2 is 1.51 bits per heavy atom. The molecule has 0 bridgehead atoms. The average molecular weight is 473 g/mol. The number of amides is 1. The molecule has 1 aliphatic heterocycles. The van der Waals surface area contributed by atoms with Crippen molar-refractivity contribution in [3.63, 3.8) is 0 Å². The lowest BCUT2D eigenvalue weighted by atomic mass is 10.2. The first-order valence-electron chi connectivity index (χ1n) is 11.8. The van der Waals surface area contributed by atoms with Gasteiger partial charge in [0.1, 0.15) is 0 Å². The summed E-state index contributed by atoms with van der Waals surface area (Å²) in [6.07, 6.45) is 0. The van der Waals surface area contributed by atoms with Crippen molar-refractivity contribution in [3.8, 4) is 0 Å². The summed E-state index contributed by atoms with van der Waals surface area (Å²) in [6, 6.07) is 25.4. The van der Waals surface area contributed by atoms with Crippen LogP contribution >= 0.6 is 0 Å². The summed E-state index contributed by atoms with van der Waals surface area (Å²) >= 11 is 0. The lowest BCUT2D eigenvalue weighted by molar-refractivity contribution is -0.119. The van der Waals surface area contributed by atoms with Crippen LogP contribution in [0.3, 0.4) is 0 Å². The first kappa shape index (κ1) is 24.3. The zero-order valence-corrected chi connectivity index (χ0v) is 20.3. The standard InChI is InChI=1S/C28H32N4O3/c1-30(2)25-12-8-23(9-13-25)28(34)35-21-27(33)29-24-10-14-26(15-11-24)32-18-16-31(17-19-32)20-22-6-4-3-5-7-22/h3-15H,16-21H2,1-2H3,(H,29,33). The molecule has 0 atom stereocenters. The van der Waals surface area contributed by atoms with Gasteiger partial charge in [-0.15, -0.1) is 0 Å². The number of rotatable bonds is 8. The monoisotopic (exact) mass is 472 g/mol. The van der Waals surface area contributed by atoms with E-state index in [-0.39, 0.29) is 12.5 Å². The Labute approximate surface area is 206 Å². The number of hydrogen-bond donors (Lipinski definition) is 1. The first-order chi connectivity index (χ1) is 17.0. The number of ether oxygens (including phenoxy) is 1. The molecule has 182 valence electrons. The van der Waals surface area contributed by atoms with Crippen molar-refractivity contribution >= 4 is 28.9 Å². The van der Waals surface area contributed by atoms with Crippen molar-refractivity contribution in [1.82, 2.24) is 4.90 Å². The first-order valence-corrected chi connectivity index (χ1v) is 11.8. The van der Waals surface area contributed by atoms with Crippen LogP contribution in [0.1, 0.15) is 15.9 Å². The van der Waals surface area contributed by atoms with Gasteiger partial charge in [0.05, 0.1) is 5.56 Å². The van der Waals surface area contributed by atoms with Crippen LogP contribution in [-0.4, -0.2) is 63.7 Å². The van der Waals surface area contributed by atoms with Gasteiger partial charge >= 0.3 is 5.97 Å². The summed E-state index contributed by atoms with van der Waals surface area (Å²) in [5.41, 5.74) is 4.55. The molecular weight excluding hydrogens is 440 g/mol. The molecule has 3 aromatic rings. The number of anilines is 3. The van der Waals surface area contributed by atoms with E-state index >= 15 is 0 Å². The molecule has 35 heavy (non-hydrogen) atoms. The lowest BCUT2D eigenvalue weighted by Crippen LogP contribution is -2.45. The largest absolute Gasteiger partial charge is 0.452 e. The molecule has 4 rings (SSSR count). The molecule has 1 heterocycles. The Hall–Kier alpha value is -3.84. The molecule has 7 nitrogen and oxygen atoms in total. The fourth-order valence-corrected chi connectivity index (χ4v) is 4.07. The molecule has 1 N–H and O–H groups in total. The van der Waals surface area contributed by atoms with Crippen molar-refractivity contribution in [1.29, 1.82) is 0 Å². The van der Waals surface area contributed by atoms with Crippen LogP contribution in [0.4, 0.5) is 17.1 Å². The molecule has 1 aliphatic rings. The quantitative estimate of drug-likeness (QED) is 0.502. The third-order valence-electron chi connectivity index (χ3n) is 6.09. The molecule has 0 radical (unpaired) electrons. The fraction of sp³-hybridized carbons (Fsp3) is 0.286. The topological polar surface area (TPSA) is 65.1 Å². The van der Waals surface area contributed by atoms with Crippen LogP contribution in [0.2, 0.25) is 0 Å². The summed E-state index contributed by atoms with van der Waals surface area (Å²) in [7, 11) is 3.86. The van der Waals surface area contributed by atoms with E-state index in [9.17, 15) is 9.59 Å². The van der Waals surface area contributed by atoms with Gasteiger partial charge in [0, 0.05) is 63.9 Å². The number of esters is 1. The SMILES string of the molecule is CN(C)c1ccc(C(=O)OCC(=O)Nc2ccc(N3CCN(Cc4ccccc4)CC3)cc2)cc1. The van der Waals surface area contributed by atoms with Crippen LogP contribution in [0.15, 0.2) is 78.9 Å². The number of nitrogens with zero attached hydrogens (tertiary/aromatic N) is 3. The second kappa shape index (κ2) is 11.5. The number of carbonyl (C=O) groups excluding carboxylic acids is 2. The highest BCUT2D eigenvalue weighted by Gasteiger charge is 2.17. The van der Waals surface area contributed by atoms with E-state index in [0.29, 0.717) is 11.3 Å². The molecule has 0 spiro atoms. The minimum absolute atomic E-state index is 0.334. The number of benzene rings is 3. The summed E-state index contributed by atoms with van der Waals surface area (Å²) in [4.78, 5) is 31.2. The van der Waals surface area contributed by atoms with E-state index in [1.54, 1.807) is 12.1 Å². The minimum Gasteiger partial charge on any atom is -0.452 e. The van der Waals surface area contributed by atoms with Gasteiger partial charge in [0.25, 0.3) is 5.91 Å². The third-order valence-corrected chi connectivity index (χ3v) is 6.09. The second-order valence-corrected chi connectivity index (χ2v) is 8.86. The molecule has 0 saturated carbocycles. The van der Waals surface area contributed by atoms with Crippen LogP contribution < -0.4 is 15.1 Å². The number of carbonyl (C=O) groups is 2. The molecule has 7 heteroatoms. The van der Waals surface area contributed by atoms with Crippen LogP contribution in [0.25, 0.3) is 0 Å². The predicted octanol–water partition coefficient (Wildman–Crippen LogP) is 3.87. The lowest BCUT2D eigenvalue weighted by Gasteiger charge is -2.36. The summed E-state index contributed by atoms with van der Waals surface area (Å²) < 4.78 is 5.16. The van der Waals surface area contributed by atoms with E-state index in [1.807, 2.05) is 61.5 Å². The van der Waals surface area contributed by atoms with Crippen LogP contribution in [-0.2, 0) is 16.1 Å². The van der Waals surface area contributed by atoms with Gasteiger partial charge in [0.15, 0.2) is 6.61 Å². The van der Waals surface area contributed by atoms with Crippen molar-refractivity contribution in [2.45, 2.75) is 6.54 Å². The summed E-state index contributed by atoms with van der Waals surface area (Å²) in [5.74, 6) is -0.891. The molecule has 1 saturated heterocycles. The van der Waals surface area contributed by atoms with Crippen LogP contribution in [0, 0.1) is 0 Å². The van der Waals surface area contributed by atoms with Gasteiger partial charge in [0.2, 0.25) is 0 Å². The van der Waals surface area contributed by atoms with Crippen LogP contribution in [0.5, 0.6) is 0 Å². The molecule has 1 fully saturated rings. The highest BCUT2D eigenvalue weighted by molar-refractivity contribution is 5.95. The molecule has 0 aromatic heterocycles. The molecule has 0 unspecified atom stereocenters. The van der Waals surface area contributed by atoms with E-state index in [1.165, 1.54) is 5.56 Å². The molecule has 1 amide bonds. The average Bonchev–Trinajstić information content (AvgIpc) is 2.89. The van der Waals surface area contributed by atoms with Gasteiger partial charge in [-0.25, -0.2) is 4.79 Å². The number of nitrogens with one attached hydrogen (secondary N) is 1. The van der Waals surface area contributed by atoms with E-state index < -0.39 is 5.97 Å². The second-order valence-electron chi connectivity index (χ2n) is 8.86. The normalized spacial score (nSPS) is 13.8. The number of piperazine rings is 1. The van der Waals surface area contributed by atoms with E-state index in [4.69, 9.17) is 4.74 Å². The fourth-order valence-electron chi connectivity index (χ4n) is 4.07. The Balaban J connectivity index is 1.21. The zero-order valence-electron chi connectivity index (χ0n) is 20.3.